The van der Waals surface area contributed by atoms with Crippen molar-refractivity contribution in [2.75, 3.05) is 6.54 Å². The van der Waals surface area contributed by atoms with Crippen LogP contribution in [-0.4, -0.2) is 23.3 Å². The summed E-state index contributed by atoms with van der Waals surface area (Å²) in [7, 11) is 0. The van der Waals surface area contributed by atoms with Gasteiger partial charge in [0, 0.05) is 31.4 Å². The van der Waals surface area contributed by atoms with Crippen LogP contribution in [0.15, 0.2) is 42.6 Å². The second-order valence-electron chi connectivity index (χ2n) is 5.44. The van der Waals surface area contributed by atoms with E-state index in [1.165, 1.54) is 5.56 Å². The topological polar surface area (TPSA) is 71.1 Å². The number of nitrogens with one attached hydrogen (secondary N) is 2. The number of carbonyl (C=O) groups excluding carboxylic acids is 2. The molecule has 0 aliphatic rings. The van der Waals surface area contributed by atoms with Gasteiger partial charge >= 0.3 is 11.8 Å². The third kappa shape index (κ3) is 5.21. The Hall–Kier alpha value is -2.69. The van der Waals surface area contributed by atoms with E-state index in [0.29, 0.717) is 19.5 Å². The molecule has 0 aliphatic heterocycles. The zero-order valence-corrected chi connectivity index (χ0v) is 13.4. The number of rotatable bonds is 5. The lowest BCUT2D eigenvalue weighted by Crippen LogP contribution is -2.40. The van der Waals surface area contributed by atoms with E-state index in [0.717, 1.165) is 16.8 Å². The second kappa shape index (κ2) is 8.08. The van der Waals surface area contributed by atoms with Gasteiger partial charge in [0.15, 0.2) is 0 Å². The molecule has 5 heteroatoms. The van der Waals surface area contributed by atoms with Gasteiger partial charge in [-0.3, -0.25) is 14.6 Å². The molecule has 0 aliphatic carbocycles. The van der Waals surface area contributed by atoms with Crippen molar-refractivity contribution in [3.8, 4) is 0 Å². The van der Waals surface area contributed by atoms with Crippen LogP contribution < -0.4 is 10.6 Å². The first kappa shape index (κ1) is 16.7. The fourth-order valence-electron chi connectivity index (χ4n) is 2.23. The second-order valence-corrected chi connectivity index (χ2v) is 5.44. The van der Waals surface area contributed by atoms with Crippen LogP contribution >= 0.6 is 0 Å². The van der Waals surface area contributed by atoms with Crippen LogP contribution in [0.3, 0.4) is 0 Å². The van der Waals surface area contributed by atoms with E-state index in [4.69, 9.17) is 0 Å². The van der Waals surface area contributed by atoms with Gasteiger partial charge in [-0.05, 0) is 37.1 Å². The first-order valence-corrected chi connectivity index (χ1v) is 7.58. The number of hydrogen-bond acceptors (Lipinski definition) is 3. The molecule has 0 saturated carbocycles. The average molecular weight is 311 g/mol. The summed E-state index contributed by atoms with van der Waals surface area (Å²) in [6.45, 7) is 4.73. The SMILES string of the molecule is Cc1ccc(CNC(=O)C(=O)NCCc2ccccn2)c(C)c1. The van der Waals surface area contributed by atoms with Crippen LogP contribution in [0.4, 0.5) is 0 Å². The predicted molar refractivity (Wildman–Crippen MR) is 88.7 cm³/mol. The number of aryl methyl sites for hydroxylation is 2. The maximum atomic E-state index is 11.8. The summed E-state index contributed by atoms with van der Waals surface area (Å²) >= 11 is 0. The van der Waals surface area contributed by atoms with Gasteiger partial charge in [0.2, 0.25) is 0 Å². The normalized spacial score (nSPS) is 10.2. The quantitative estimate of drug-likeness (QED) is 0.825. The summed E-state index contributed by atoms with van der Waals surface area (Å²) in [5, 5.41) is 5.24. The molecule has 0 saturated heterocycles. The zero-order valence-electron chi connectivity index (χ0n) is 13.4. The molecule has 0 unspecified atom stereocenters. The Morgan fingerprint density at radius 1 is 1.04 bits per heavy atom. The third-order valence-corrected chi connectivity index (χ3v) is 3.54. The highest BCUT2D eigenvalue weighted by atomic mass is 16.2. The van der Waals surface area contributed by atoms with Crippen LogP contribution in [0.25, 0.3) is 0 Å². The maximum Gasteiger partial charge on any atom is 0.309 e. The molecule has 2 aromatic rings. The Labute approximate surface area is 136 Å². The molecule has 120 valence electrons. The van der Waals surface area contributed by atoms with Crippen LogP contribution in [-0.2, 0) is 22.6 Å². The summed E-state index contributed by atoms with van der Waals surface area (Å²) in [6.07, 6.45) is 2.30. The van der Waals surface area contributed by atoms with Crippen molar-refractivity contribution in [3.05, 3.63) is 65.0 Å². The first-order valence-electron chi connectivity index (χ1n) is 7.58. The lowest BCUT2D eigenvalue weighted by molar-refractivity contribution is -0.139. The molecule has 2 amide bonds. The van der Waals surface area contributed by atoms with Gasteiger partial charge in [-0.2, -0.15) is 0 Å². The molecule has 0 spiro atoms. The van der Waals surface area contributed by atoms with E-state index < -0.39 is 11.8 Å². The summed E-state index contributed by atoms with van der Waals surface area (Å²) in [5.74, 6) is -1.24. The van der Waals surface area contributed by atoms with Crippen molar-refractivity contribution in [2.24, 2.45) is 0 Å². The molecule has 1 aromatic heterocycles. The molecule has 0 fully saturated rings. The van der Waals surface area contributed by atoms with Crippen molar-refractivity contribution >= 4 is 11.8 Å². The maximum absolute atomic E-state index is 11.8. The lowest BCUT2D eigenvalue weighted by Gasteiger charge is -2.09. The Kier molecular flexibility index (Phi) is 5.86. The number of aromatic nitrogens is 1. The monoisotopic (exact) mass is 311 g/mol. The lowest BCUT2D eigenvalue weighted by atomic mass is 10.1. The van der Waals surface area contributed by atoms with Crippen LogP contribution in [0.1, 0.15) is 22.4 Å². The summed E-state index contributed by atoms with van der Waals surface area (Å²) in [4.78, 5) is 27.7. The van der Waals surface area contributed by atoms with E-state index in [1.807, 2.05) is 44.2 Å². The Morgan fingerprint density at radius 3 is 2.52 bits per heavy atom. The Morgan fingerprint density at radius 2 is 1.83 bits per heavy atom. The number of carbonyl (C=O) groups is 2. The van der Waals surface area contributed by atoms with Gasteiger partial charge in [-0.25, -0.2) is 0 Å². The van der Waals surface area contributed by atoms with E-state index in [-0.39, 0.29) is 0 Å². The van der Waals surface area contributed by atoms with Crippen molar-refractivity contribution in [3.63, 3.8) is 0 Å². The molecule has 5 nitrogen and oxygen atoms in total. The van der Waals surface area contributed by atoms with Crippen molar-refractivity contribution in [1.29, 1.82) is 0 Å². The van der Waals surface area contributed by atoms with Gasteiger partial charge in [-0.15, -0.1) is 0 Å². The zero-order chi connectivity index (χ0) is 16.7. The Balaban J connectivity index is 1.75. The molecular weight excluding hydrogens is 290 g/mol. The van der Waals surface area contributed by atoms with Gasteiger partial charge in [0.05, 0.1) is 0 Å². The van der Waals surface area contributed by atoms with E-state index >= 15 is 0 Å². The first-order chi connectivity index (χ1) is 11.1. The minimum Gasteiger partial charge on any atom is -0.347 e. The largest absolute Gasteiger partial charge is 0.347 e. The smallest absolute Gasteiger partial charge is 0.309 e. The van der Waals surface area contributed by atoms with Gasteiger partial charge < -0.3 is 10.6 Å². The molecular formula is C18H21N3O2. The van der Waals surface area contributed by atoms with Crippen molar-refractivity contribution in [1.82, 2.24) is 15.6 Å². The number of benzene rings is 1. The van der Waals surface area contributed by atoms with E-state index in [9.17, 15) is 9.59 Å². The van der Waals surface area contributed by atoms with Crippen molar-refractivity contribution < 1.29 is 9.59 Å². The van der Waals surface area contributed by atoms with Crippen LogP contribution in [0.5, 0.6) is 0 Å². The third-order valence-electron chi connectivity index (χ3n) is 3.54. The number of amides is 2. The minimum absolute atomic E-state index is 0.346. The summed E-state index contributed by atoms with van der Waals surface area (Å²) in [6, 6.07) is 11.6. The molecule has 2 N–H and O–H groups in total. The molecule has 23 heavy (non-hydrogen) atoms. The van der Waals surface area contributed by atoms with Gasteiger partial charge in [0.1, 0.15) is 0 Å². The predicted octanol–water partition coefficient (Wildman–Crippen LogP) is 1.67. The molecule has 1 aromatic carbocycles. The molecule has 0 bridgehead atoms. The summed E-state index contributed by atoms with van der Waals surface area (Å²) < 4.78 is 0. The highest BCUT2D eigenvalue weighted by molar-refractivity contribution is 6.35. The van der Waals surface area contributed by atoms with Gasteiger partial charge in [0.25, 0.3) is 0 Å². The average Bonchev–Trinajstić information content (AvgIpc) is 2.54. The molecule has 0 radical (unpaired) electrons. The molecule has 1 heterocycles. The minimum atomic E-state index is -0.620. The Bertz CT molecular complexity index is 684. The van der Waals surface area contributed by atoms with Gasteiger partial charge in [-0.1, -0.05) is 29.8 Å². The number of pyridine rings is 1. The highest BCUT2D eigenvalue weighted by Crippen LogP contribution is 2.09. The van der Waals surface area contributed by atoms with Crippen LogP contribution in [0.2, 0.25) is 0 Å². The fourth-order valence-corrected chi connectivity index (χ4v) is 2.23. The fraction of sp³-hybridized carbons (Fsp3) is 0.278. The highest BCUT2D eigenvalue weighted by Gasteiger charge is 2.12. The number of nitrogens with zero attached hydrogens (tertiary/aromatic N) is 1. The standard InChI is InChI=1S/C18H21N3O2/c1-13-6-7-15(14(2)11-13)12-21-18(23)17(22)20-10-8-16-5-3-4-9-19-16/h3-7,9,11H,8,10,12H2,1-2H3,(H,20,22)(H,21,23). The molecule has 2 rings (SSSR count). The van der Waals surface area contributed by atoms with E-state index in [1.54, 1.807) is 6.20 Å². The number of hydrogen-bond donors (Lipinski definition) is 2. The summed E-state index contributed by atoms with van der Waals surface area (Å²) in [5.41, 5.74) is 4.15. The van der Waals surface area contributed by atoms with E-state index in [2.05, 4.69) is 21.7 Å². The van der Waals surface area contributed by atoms with Crippen LogP contribution in [0, 0.1) is 13.8 Å². The molecule has 0 atom stereocenters. The van der Waals surface area contributed by atoms with Crippen molar-refractivity contribution in [2.45, 2.75) is 26.8 Å².